The van der Waals surface area contributed by atoms with E-state index in [1.54, 1.807) is 0 Å². The van der Waals surface area contributed by atoms with Gasteiger partial charge in [0.05, 0.1) is 0 Å². The van der Waals surface area contributed by atoms with Gasteiger partial charge < -0.3 is 10.2 Å². The van der Waals surface area contributed by atoms with Crippen molar-refractivity contribution in [2.75, 3.05) is 6.54 Å². The highest BCUT2D eigenvalue weighted by Crippen LogP contribution is 2.42. The maximum atomic E-state index is 12.6. The monoisotopic (exact) mass is 336 g/mol. The fraction of sp³-hybridized carbons (Fsp3) is 0.900. The minimum Gasteiger partial charge on any atom is -0.345 e. The number of amides is 2. The maximum absolute atomic E-state index is 12.6. The zero-order valence-corrected chi connectivity index (χ0v) is 16.2. The van der Waals surface area contributed by atoms with Gasteiger partial charge in [0.15, 0.2) is 0 Å². The van der Waals surface area contributed by atoms with Crippen LogP contribution in [-0.4, -0.2) is 35.3 Å². The first-order valence-electron chi connectivity index (χ1n) is 9.78. The van der Waals surface area contributed by atoms with Crippen molar-refractivity contribution >= 4 is 11.8 Å². The van der Waals surface area contributed by atoms with E-state index >= 15 is 0 Å². The van der Waals surface area contributed by atoms with Gasteiger partial charge in [-0.05, 0) is 69.6 Å². The van der Waals surface area contributed by atoms with Gasteiger partial charge in [0.25, 0.3) is 0 Å². The molecule has 1 N–H and O–H groups in total. The van der Waals surface area contributed by atoms with E-state index in [9.17, 15) is 9.59 Å². The molecule has 0 aromatic rings. The summed E-state index contributed by atoms with van der Waals surface area (Å²) in [6.07, 6.45) is 7.38. The number of nitrogens with one attached hydrogen (secondary N) is 1. The number of nitrogens with zero attached hydrogens (tertiary/aromatic N) is 1. The lowest BCUT2D eigenvalue weighted by Gasteiger charge is -2.39. The van der Waals surface area contributed by atoms with Crippen LogP contribution >= 0.6 is 0 Å². The van der Waals surface area contributed by atoms with Crippen molar-refractivity contribution in [1.29, 1.82) is 0 Å². The van der Waals surface area contributed by atoms with Gasteiger partial charge in [-0.1, -0.05) is 20.8 Å². The van der Waals surface area contributed by atoms with Gasteiger partial charge in [0.2, 0.25) is 11.8 Å². The quantitative estimate of drug-likeness (QED) is 0.850. The maximum Gasteiger partial charge on any atom is 0.245 e. The van der Waals surface area contributed by atoms with Crippen LogP contribution in [0.15, 0.2) is 0 Å². The lowest BCUT2D eigenvalue weighted by Crippen LogP contribution is -2.51. The van der Waals surface area contributed by atoms with Crippen LogP contribution in [-0.2, 0) is 9.59 Å². The summed E-state index contributed by atoms with van der Waals surface area (Å²) >= 11 is 0. The molecule has 24 heavy (non-hydrogen) atoms. The minimum absolute atomic E-state index is 0.0374. The number of carbonyl (C=O) groups excluding carboxylic acids is 2. The van der Waals surface area contributed by atoms with Gasteiger partial charge in [-0.15, -0.1) is 0 Å². The summed E-state index contributed by atoms with van der Waals surface area (Å²) in [4.78, 5) is 27.0. The first-order valence-corrected chi connectivity index (χ1v) is 9.78. The van der Waals surface area contributed by atoms with Crippen molar-refractivity contribution in [3.8, 4) is 0 Å². The Kier molecular flexibility index (Phi) is 6.33. The Balaban J connectivity index is 1.84. The van der Waals surface area contributed by atoms with Crippen LogP contribution in [0.3, 0.4) is 0 Å². The van der Waals surface area contributed by atoms with E-state index < -0.39 is 6.04 Å². The second-order valence-corrected chi connectivity index (χ2v) is 9.15. The summed E-state index contributed by atoms with van der Waals surface area (Å²) in [7, 11) is 0. The molecule has 2 aliphatic rings. The van der Waals surface area contributed by atoms with Gasteiger partial charge in [-0.25, -0.2) is 0 Å². The van der Waals surface area contributed by atoms with E-state index in [1.165, 1.54) is 12.8 Å². The van der Waals surface area contributed by atoms with Gasteiger partial charge in [0.1, 0.15) is 6.04 Å². The Morgan fingerprint density at radius 3 is 2.54 bits per heavy atom. The van der Waals surface area contributed by atoms with Crippen LogP contribution in [0.4, 0.5) is 0 Å². The highest BCUT2D eigenvalue weighted by atomic mass is 16.2. The highest BCUT2D eigenvalue weighted by molar-refractivity contribution is 5.87. The van der Waals surface area contributed by atoms with E-state index in [0.29, 0.717) is 29.7 Å². The molecule has 1 saturated heterocycles. The molecule has 138 valence electrons. The summed E-state index contributed by atoms with van der Waals surface area (Å²) in [5, 5.41) is 2.96. The summed E-state index contributed by atoms with van der Waals surface area (Å²) in [5.74, 6) is 1.24. The second-order valence-electron chi connectivity index (χ2n) is 9.15. The van der Waals surface area contributed by atoms with E-state index in [-0.39, 0.29) is 11.8 Å². The van der Waals surface area contributed by atoms with Crippen molar-refractivity contribution in [1.82, 2.24) is 10.2 Å². The molecule has 1 saturated carbocycles. The number of likely N-dealkylation sites (tertiary alicyclic amines) is 1. The molecule has 0 radical (unpaired) electrons. The molecule has 2 rings (SSSR count). The topological polar surface area (TPSA) is 49.4 Å². The molecule has 1 heterocycles. The fourth-order valence-electron chi connectivity index (χ4n) is 5.00. The zero-order valence-electron chi connectivity index (χ0n) is 16.2. The number of rotatable bonds is 4. The average molecular weight is 337 g/mol. The third-order valence-corrected chi connectivity index (χ3v) is 5.79. The van der Waals surface area contributed by atoms with E-state index in [2.05, 4.69) is 33.0 Å². The molecular weight excluding hydrogens is 300 g/mol. The molecule has 1 aliphatic heterocycles. The Morgan fingerprint density at radius 1 is 1.21 bits per heavy atom. The molecule has 2 fully saturated rings. The molecule has 0 bridgehead atoms. The zero-order chi connectivity index (χ0) is 17.9. The smallest absolute Gasteiger partial charge is 0.245 e. The first-order chi connectivity index (χ1) is 11.2. The van der Waals surface area contributed by atoms with Crippen molar-refractivity contribution in [3.05, 3.63) is 0 Å². The van der Waals surface area contributed by atoms with E-state index in [0.717, 1.165) is 32.2 Å². The van der Waals surface area contributed by atoms with Crippen LogP contribution in [0.2, 0.25) is 0 Å². The van der Waals surface area contributed by atoms with Crippen molar-refractivity contribution in [2.24, 2.45) is 17.3 Å². The standard InChI is InChI=1S/C20H36N2O2/c1-14-10-17(13-20(4,5)12-14)11-18(23)21-16(3)19(24)22-9-7-6-8-15(22)2/h14-17H,6-13H2,1-5H3,(H,21,23)/t14-,15-,16-,17-/m1/s1. The van der Waals surface area contributed by atoms with Crippen molar-refractivity contribution < 1.29 is 9.59 Å². The summed E-state index contributed by atoms with van der Waals surface area (Å²) in [5.41, 5.74) is 0.327. The Labute approximate surface area is 147 Å². The normalized spacial score (nSPS) is 31.4. The Hall–Kier alpha value is -1.06. The van der Waals surface area contributed by atoms with Crippen LogP contribution in [0.1, 0.15) is 79.6 Å². The number of carbonyl (C=O) groups is 2. The van der Waals surface area contributed by atoms with Gasteiger partial charge in [-0.2, -0.15) is 0 Å². The van der Waals surface area contributed by atoms with Gasteiger partial charge in [0, 0.05) is 19.0 Å². The summed E-state index contributed by atoms with van der Waals surface area (Å²) < 4.78 is 0. The van der Waals surface area contributed by atoms with Crippen LogP contribution in [0, 0.1) is 17.3 Å². The van der Waals surface area contributed by atoms with Crippen LogP contribution in [0.5, 0.6) is 0 Å². The molecule has 4 atom stereocenters. The van der Waals surface area contributed by atoms with E-state index in [4.69, 9.17) is 0 Å². The van der Waals surface area contributed by atoms with Crippen LogP contribution in [0.25, 0.3) is 0 Å². The molecule has 0 aromatic heterocycles. The van der Waals surface area contributed by atoms with Gasteiger partial charge >= 0.3 is 0 Å². The Morgan fingerprint density at radius 2 is 1.92 bits per heavy atom. The van der Waals surface area contributed by atoms with Gasteiger partial charge in [-0.3, -0.25) is 9.59 Å². The predicted molar refractivity (Wildman–Crippen MR) is 97.5 cm³/mol. The number of piperidine rings is 1. The molecule has 0 spiro atoms. The number of hydrogen-bond donors (Lipinski definition) is 1. The minimum atomic E-state index is -0.410. The highest BCUT2D eigenvalue weighted by Gasteiger charge is 2.34. The third kappa shape index (κ3) is 5.22. The largest absolute Gasteiger partial charge is 0.345 e. The lowest BCUT2D eigenvalue weighted by molar-refractivity contribution is -0.139. The molecule has 1 aliphatic carbocycles. The number of hydrogen-bond acceptors (Lipinski definition) is 2. The summed E-state index contributed by atoms with van der Waals surface area (Å²) in [6.45, 7) is 11.7. The Bertz CT molecular complexity index is 461. The van der Waals surface area contributed by atoms with E-state index in [1.807, 2.05) is 11.8 Å². The molecule has 2 amide bonds. The fourth-order valence-corrected chi connectivity index (χ4v) is 5.00. The SMILES string of the molecule is C[C@@H]1C[C@H](CC(=O)N[C@H](C)C(=O)N2CCCC[C@H]2C)CC(C)(C)C1. The lowest BCUT2D eigenvalue weighted by atomic mass is 9.67. The summed E-state index contributed by atoms with van der Waals surface area (Å²) in [6, 6.07) is -0.113. The van der Waals surface area contributed by atoms with Crippen molar-refractivity contribution in [3.63, 3.8) is 0 Å². The second kappa shape index (κ2) is 7.88. The molecular formula is C20H36N2O2. The first kappa shape index (κ1) is 19.3. The average Bonchev–Trinajstić information content (AvgIpc) is 2.44. The molecule has 4 heteroatoms. The predicted octanol–water partition coefficient (Wildman–Crippen LogP) is 3.74. The van der Waals surface area contributed by atoms with Crippen molar-refractivity contribution in [2.45, 2.75) is 91.6 Å². The molecule has 0 aromatic carbocycles. The van der Waals surface area contributed by atoms with Crippen LogP contribution < -0.4 is 5.32 Å². The third-order valence-electron chi connectivity index (χ3n) is 5.79. The molecule has 0 unspecified atom stereocenters. The molecule has 4 nitrogen and oxygen atoms in total.